The molecule has 1 aliphatic carbocycles. The third kappa shape index (κ3) is 4.60. The molecule has 0 amide bonds. The van der Waals surface area contributed by atoms with Gasteiger partial charge in [0, 0.05) is 33.7 Å². The van der Waals surface area contributed by atoms with Crippen molar-refractivity contribution in [2.45, 2.75) is 51.9 Å². The average molecular weight is 538 g/mol. The minimum atomic E-state index is -1.01. The summed E-state index contributed by atoms with van der Waals surface area (Å²) in [6.45, 7) is 5.99. The second kappa shape index (κ2) is 11.0. The van der Waals surface area contributed by atoms with Gasteiger partial charge in [0.05, 0.1) is 18.8 Å². The van der Waals surface area contributed by atoms with Crippen LogP contribution in [0.25, 0.3) is 0 Å². The molecule has 200 valence electrons. The van der Waals surface area contributed by atoms with E-state index in [-0.39, 0.29) is 31.7 Å². The lowest BCUT2D eigenvalue weighted by Crippen LogP contribution is -2.43. The molecule has 0 saturated carbocycles. The second-order valence-corrected chi connectivity index (χ2v) is 10.3. The molecule has 5 rings (SSSR count). The molecule has 1 N–H and O–H groups in total. The number of fused-ring (bicyclic) bond motifs is 1. The van der Waals surface area contributed by atoms with Crippen molar-refractivity contribution < 1.29 is 33.3 Å². The van der Waals surface area contributed by atoms with Gasteiger partial charge in [0.25, 0.3) is 0 Å². The first-order valence-electron chi connectivity index (χ1n) is 13.0. The van der Waals surface area contributed by atoms with Crippen LogP contribution < -0.4 is 14.8 Å². The van der Waals surface area contributed by atoms with E-state index >= 15 is 0 Å². The Morgan fingerprint density at radius 3 is 2.58 bits per heavy atom. The Kier molecular flexibility index (Phi) is 7.56. The molecular formula is C29H31NO7S. The summed E-state index contributed by atoms with van der Waals surface area (Å²) < 4.78 is 22.0. The van der Waals surface area contributed by atoms with Gasteiger partial charge in [-0.2, -0.15) is 0 Å². The summed E-state index contributed by atoms with van der Waals surface area (Å²) in [6.07, 6.45) is 1.83. The van der Waals surface area contributed by atoms with Crippen LogP contribution in [0.4, 0.5) is 0 Å². The van der Waals surface area contributed by atoms with Crippen LogP contribution in [0.1, 0.15) is 62.3 Å². The molecule has 2 aliphatic heterocycles. The lowest BCUT2D eigenvalue weighted by molar-refractivity contribution is -0.152. The lowest BCUT2D eigenvalue weighted by atomic mass is 9.68. The fourth-order valence-corrected chi connectivity index (χ4v) is 6.41. The predicted octanol–water partition coefficient (Wildman–Crippen LogP) is 4.97. The fourth-order valence-electron chi connectivity index (χ4n) is 5.54. The van der Waals surface area contributed by atoms with E-state index in [4.69, 9.17) is 18.9 Å². The van der Waals surface area contributed by atoms with E-state index in [1.807, 2.05) is 36.6 Å². The number of hydrogen-bond acceptors (Lipinski definition) is 9. The zero-order chi connectivity index (χ0) is 26.8. The third-order valence-electron chi connectivity index (χ3n) is 7.08. The Balaban J connectivity index is 1.70. The second-order valence-electron chi connectivity index (χ2n) is 9.35. The molecule has 0 radical (unpaired) electrons. The maximum Gasteiger partial charge on any atom is 0.336 e. The molecule has 3 aliphatic rings. The molecule has 0 fully saturated rings. The van der Waals surface area contributed by atoms with Gasteiger partial charge in [0.2, 0.25) is 6.79 Å². The van der Waals surface area contributed by atoms with Gasteiger partial charge in [-0.25, -0.2) is 4.79 Å². The predicted molar refractivity (Wildman–Crippen MR) is 141 cm³/mol. The van der Waals surface area contributed by atoms with Crippen molar-refractivity contribution in [2.24, 2.45) is 5.92 Å². The first-order valence-corrected chi connectivity index (χ1v) is 13.9. The Bertz CT molecular complexity index is 1310. The van der Waals surface area contributed by atoms with Crippen molar-refractivity contribution in [3.63, 3.8) is 0 Å². The van der Waals surface area contributed by atoms with Crippen LogP contribution in [0, 0.1) is 5.92 Å². The van der Waals surface area contributed by atoms with Crippen LogP contribution >= 0.6 is 11.3 Å². The highest BCUT2D eigenvalue weighted by molar-refractivity contribution is 7.10. The van der Waals surface area contributed by atoms with Gasteiger partial charge >= 0.3 is 11.9 Å². The van der Waals surface area contributed by atoms with E-state index < -0.39 is 23.8 Å². The maximum atomic E-state index is 14.4. The van der Waals surface area contributed by atoms with E-state index in [2.05, 4.69) is 5.32 Å². The zero-order valence-corrected chi connectivity index (χ0v) is 22.5. The largest absolute Gasteiger partial charge is 0.465 e. The SMILES string of the molecule is CCCC1=C(C(=O)OCC)C(c2ccc3c(c2)OCO3)C2=C(CC(c3cccs3)C(C(=O)OCC)C2=O)N1. The molecule has 0 spiro atoms. The smallest absolute Gasteiger partial charge is 0.336 e. The summed E-state index contributed by atoms with van der Waals surface area (Å²) in [6, 6.07) is 9.30. The van der Waals surface area contributed by atoms with Crippen molar-refractivity contribution in [1.82, 2.24) is 5.32 Å². The molecule has 2 aromatic rings. The number of esters is 2. The summed E-state index contributed by atoms with van der Waals surface area (Å²) >= 11 is 1.52. The number of nitrogens with one attached hydrogen (secondary N) is 1. The Labute approximate surface area is 225 Å². The molecule has 9 heteroatoms. The Morgan fingerprint density at radius 2 is 1.87 bits per heavy atom. The number of hydrogen-bond donors (Lipinski definition) is 1. The maximum absolute atomic E-state index is 14.4. The average Bonchev–Trinajstić information content (AvgIpc) is 3.60. The Morgan fingerprint density at radius 1 is 1.08 bits per heavy atom. The summed E-state index contributed by atoms with van der Waals surface area (Å²) in [5, 5.41) is 5.39. The molecule has 3 heterocycles. The monoisotopic (exact) mass is 537 g/mol. The highest BCUT2D eigenvalue weighted by Crippen LogP contribution is 2.50. The summed E-state index contributed by atoms with van der Waals surface area (Å²) in [7, 11) is 0. The fraction of sp³-hybridized carbons (Fsp3) is 0.414. The van der Waals surface area contributed by atoms with Gasteiger partial charge in [-0.1, -0.05) is 25.5 Å². The van der Waals surface area contributed by atoms with Crippen LogP contribution in [0.3, 0.4) is 0 Å². The standard InChI is InChI=1S/C29H31NO7S/c1-4-8-18-26(29(33)35-6-3)23(16-10-11-20-21(13-16)37-15-36-20)25-19(30-18)14-17(22-9-7-12-38-22)24(27(25)31)28(32)34-5-2/h7,9-13,17,23-24,30H,4-6,8,14-15H2,1-3H3. The lowest BCUT2D eigenvalue weighted by Gasteiger charge is -2.39. The van der Waals surface area contributed by atoms with Crippen LogP contribution in [0.15, 0.2) is 58.3 Å². The quantitative estimate of drug-likeness (QED) is 0.372. The van der Waals surface area contributed by atoms with Gasteiger partial charge < -0.3 is 24.3 Å². The zero-order valence-electron chi connectivity index (χ0n) is 21.7. The van der Waals surface area contributed by atoms with Crippen molar-refractivity contribution >= 4 is 29.1 Å². The van der Waals surface area contributed by atoms with E-state index in [9.17, 15) is 14.4 Å². The van der Waals surface area contributed by atoms with Crippen molar-refractivity contribution in [3.8, 4) is 11.5 Å². The number of ketones is 1. The normalized spacial score (nSPS) is 22.2. The summed E-state index contributed by atoms with van der Waals surface area (Å²) in [4.78, 5) is 42.0. The number of carbonyl (C=O) groups is 3. The van der Waals surface area contributed by atoms with Gasteiger partial charge in [-0.15, -0.1) is 11.3 Å². The molecular weight excluding hydrogens is 506 g/mol. The molecule has 3 unspecified atom stereocenters. The molecule has 0 bridgehead atoms. The first kappa shape index (κ1) is 26.0. The van der Waals surface area contributed by atoms with Crippen molar-refractivity contribution in [2.75, 3.05) is 20.0 Å². The van der Waals surface area contributed by atoms with Gasteiger partial charge in [-0.3, -0.25) is 9.59 Å². The summed E-state index contributed by atoms with van der Waals surface area (Å²) in [5.41, 5.74) is 2.95. The number of dihydropyridines is 1. The molecule has 38 heavy (non-hydrogen) atoms. The number of ether oxygens (including phenoxy) is 4. The number of allylic oxidation sites excluding steroid dienone is 3. The number of rotatable bonds is 8. The topological polar surface area (TPSA) is 100 Å². The number of Topliss-reactive ketones (excluding diaryl/α,β-unsaturated/α-hetero) is 1. The van der Waals surface area contributed by atoms with Gasteiger partial charge in [-0.05, 0) is 55.8 Å². The molecule has 1 aromatic heterocycles. The Hall–Kier alpha value is -3.59. The number of carbonyl (C=O) groups excluding carboxylic acids is 3. The molecule has 0 saturated heterocycles. The first-order chi connectivity index (χ1) is 18.5. The highest BCUT2D eigenvalue weighted by atomic mass is 32.1. The van der Waals surface area contributed by atoms with Crippen LogP contribution in [0.2, 0.25) is 0 Å². The minimum Gasteiger partial charge on any atom is -0.465 e. The molecule has 3 atom stereocenters. The minimum absolute atomic E-state index is 0.104. The molecule has 8 nitrogen and oxygen atoms in total. The van der Waals surface area contributed by atoms with E-state index in [1.54, 1.807) is 19.9 Å². The van der Waals surface area contributed by atoms with Crippen molar-refractivity contribution in [3.05, 3.63) is 68.7 Å². The van der Waals surface area contributed by atoms with Gasteiger partial charge in [0.15, 0.2) is 17.3 Å². The van der Waals surface area contributed by atoms with Crippen LogP contribution in [0.5, 0.6) is 11.5 Å². The molecule has 1 aromatic carbocycles. The summed E-state index contributed by atoms with van der Waals surface area (Å²) in [5.74, 6) is -2.33. The van der Waals surface area contributed by atoms with E-state index in [0.29, 0.717) is 41.1 Å². The van der Waals surface area contributed by atoms with Crippen LogP contribution in [-0.2, 0) is 23.9 Å². The highest BCUT2D eigenvalue weighted by Gasteiger charge is 2.49. The van der Waals surface area contributed by atoms with Crippen molar-refractivity contribution in [1.29, 1.82) is 0 Å². The van der Waals surface area contributed by atoms with E-state index in [0.717, 1.165) is 22.7 Å². The third-order valence-corrected chi connectivity index (χ3v) is 8.08. The van der Waals surface area contributed by atoms with Crippen LogP contribution in [-0.4, -0.2) is 37.7 Å². The van der Waals surface area contributed by atoms with Gasteiger partial charge in [0.1, 0.15) is 5.92 Å². The number of thiophene rings is 1. The number of benzene rings is 1. The van der Waals surface area contributed by atoms with E-state index in [1.165, 1.54) is 11.3 Å².